The number of ether oxygens (including phenoxy) is 2. The number of likely N-dealkylation sites (tertiary alicyclic amines) is 1. The van der Waals surface area contributed by atoms with Crippen LogP contribution in [0.5, 0.6) is 0 Å². The average molecular weight is 518 g/mol. The number of piperidine rings is 1. The molecule has 33 heavy (non-hydrogen) atoms. The number of carbonyl (C=O) groups is 2. The van der Waals surface area contributed by atoms with E-state index in [0.717, 1.165) is 20.8 Å². The fraction of sp³-hybridized carbons (Fsp3) is 0.458. The number of hydrogen-bond donors (Lipinski definition) is 1. The highest BCUT2D eigenvalue weighted by atomic mass is 79.9. The van der Waals surface area contributed by atoms with Crippen molar-refractivity contribution in [3.8, 4) is 0 Å². The van der Waals surface area contributed by atoms with Gasteiger partial charge in [0.2, 0.25) is 11.8 Å². The van der Waals surface area contributed by atoms with E-state index in [9.17, 15) is 14.8 Å². The van der Waals surface area contributed by atoms with Crippen LogP contribution in [0.3, 0.4) is 0 Å². The summed E-state index contributed by atoms with van der Waals surface area (Å²) in [5.74, 6) is -0.519. The fourth-order valence-electron chi connectivity index (χ4n) is 4.62. The van der Waals surface area contributed by atoms with Gasteiger partial charge in [0.15, 0.2) is 0 Å². The summed E-state index contributed by atoms with van der Waals surface area (Å²) in [6, 6.07) is 9.58. The molecule has 3 atom stereocenters. The normalized spacial score (nSPS) is 25.0. The Bertz CT molecular complexity index is 1130. The van der Waals surface area contributed by atoms with Crippen molar-refractivity contribution in [3.05, 3.63) is 45.6 Å². The molecule has 1 saturated heterocycles. The smallest absolute Gasteiger partial charge is 0.410 e. The van der Waals surface area contributed by atoms with E-state index < -0.39 is 29.4 Å². The molecule has 0 bridgehead atoms. The van der Waals surface area contributed by atoms with Gasteiger partial charge in [-0.2, -0.15) is 0 Å². The molecule has 2 aliphatic heterocycles. The first-order chi connectivity index (χ1) is 15.5. The maximum absolute atomic E-state index is 13.7. The molecular weight excluding hydrogens is 490 g/mol. The molecule has 0 aromatic heterocycles. The van der Waals surface area contributed by atoms with Gasteiger partial charge in [-0.05, 0) is 60.3 Å². The summed E-state index contributed by atoms with van der Waals surface area (Å²) in [7, 11) is 0. The lowest BCUT2D eigenvalue weighted by molar-refractivity contribution is -0.817. The number of aliphatic imine (C=N–C) groups is 1. The maximum atomic E-state index is 13.7. The molecule has 0 aliphatic carbocycles. The van der Waals surface area contributed by atoms with E-state index in [4.69, 9.17) is 9.47 Å². The SMILES string of the molecule is CC(=O)O[C@]1(C2N=Cc3c(cc(Br)c4ccccc34)[NH+]2[O-])CCCN(C(=O)OC(C)(C)C)C1. The topological polar surface area (TPSA) is 95.7 Å². The molecule has 2 aliphatic rings. The first-order valence-corrected chi connectivity index (χ1v) is 11.8. The van der Waals surface area contributed by atoms with Crippen LogP contribution >= 0.6 is 15.9 Å². The molecule has 0 radical (unpaired) electrons. The molecule has 0 saturated carbocycles. The number of fused-ring (bicyclic) bond motifs is 3. The molecule has 4 rings (SSSR count). The lowest BCUT2D eigenvalue weighted by Crippen LogP contribution is -3.10. The highest BCUT2D eigenvalue weighted by Gasteiger charge is 2.52. The molecule has 1 N–H and O–H groups in total. The lowest BCUT2D eigenvalue weighted by Gasteiger charge is -2.47. The number of hydrogen-bond acceptors (Lipinski definition) is 6. The first-order valence-electron chi connectivity index (χ1n) is 11.0. The number of carbonyl (C=O) groups excluding carboxylic acids is 2. The second-order valence-corrected chi connectivity index (χ2v) is 10.4. The predicted octanol–water partition coefficient (Wildman–Crippen LogP) is 3.71. The van der Waals surface area contributed by atoms with E-state index >= 15 is 0 Å². The molecule has 176 valence electrons. The van der Waals surface area contributed by atoms with E-state index in [1.54, 1.807) is 33.1 Å². The number of nitrogens with one attached hydrogen (secondary N) is 1. The molecule has 2 heterocycles. The highest BCUT2D eigenvalue weighted by molar-refractivity contribution is 9.10. The molecule has 2 aromatic carbocycles. The van der Waals surface area contributed by atoms with Gasteiger partial charge in [0.1, 0.15) is 11.3 Å². The first kappa shape index (κ1) is 23.7. The second kappa shape index (κ2) is 8.70. The van der Waals surface area contributed by atoms with Gasteiger partial charge >= 0.3 is 12.1 Å². The van der Waals surface area contributed by atoms with Crippen molar-refractivity contribution in [2.75, 3.05) is 13.1 Å². The van der Waals surface area contributed by atoms with E-state index in [2.05, 4.69) is 20.9 Å². The Kier molecular flexibility index (Phi) is 6.24. The molecule has 8 nitrogen and oxygen atoms in total. The number of hydroxylamine groups is 1. The zero-order valence-electron chi connectivity index (χ0n) is 19.2. The van der Waals surface area contributed by atoms with Crippen molar-refractivity contribution < 1.29 is 24.1 Å². The maximum Gasteiger partial charge on any atom is 0.410 e. The molecule has 2 unspecified atom stereocenters. The van der Waals surface area contributed by atoms with Crippen LogP contribution in [-0.2, 0) is 14.3 Å². The van der Waals surface area contributed by atoms with Crippen LogP contribution < -0.4 is 5.06 Å². The van der Waals surface area contributed by atoms with Crippen molar-refractivity contribution >= 4 is 50.7 Å². The monoisotopic (exact) mass is 517 g/mol. The summed E-state index contributed by atoms with van der Waals surface area (Å²) in [4.78, 5) is 31.0. The van der Waals surface area contributed by atoms with Gasteiger partial charge in [0.05, 0.1) is 12.1 Å². The third-order valence-electron chi connectivity index (χ3n) is 5.89. The number of rotatable bonds is 2. The van der Waals surface area contributed by atoms with E-state index in [-0.39, 0.29) is 11.6 Å². The zero-order valence-corrected chi connectivity index (χ0v) is 20.8. The van der Waals surface area contributed by atoms with Crippen molar-refractivity contribution in [2.24, 2.45) is 4.99 Å². The minimum Gasteiger partial charge on any atom is -0.627 e. The summed E-state index contributed by atoms with van der Waals surface area (Å²) in [6.07, 6.45) is 1.21. The molecule has 9 heteroatoms. The Labute approximate surface area is 201 Å². The molecular formula is C24H28BrN3O5. The molecule has 1 amide bonds. The number of quaternary nitrogens is 1. The number of benzene rings is 2. The third kappa shape index (κ3) is 4.62. The van der Waals surface area contributed by atoms with Gasteiger partial charge in [-0.25, -0.2) is 9.79 Å². The van der Waals surface area contributed by atoms with Crippen LogP contribution in [0.4, 0.5) is 10.5 Å². The number of nitrogens with zero attached hydrogens (tertiary/aromatic N) is 2. The van der Waals surface area contributed by atoms with Gasteiger partial charge < -0.3 is 24.6 Å². The Hall–Kier alpha value is -2.49. The number of amides is 1. The van der Waals surface area contributed by atoms with Crippen LogP contribution in [-0.4, -0.2) is 53.6 Å². The predicted molar refractivity (Wildman–Crippen MR) is 129 cm³/mol. The number of esters is 1. The van der Waals surface area contributed by atoms with Crippen LogP contribution in [0.1, 0.15) is 46.1 Å². The second-order valence-electron chi connectivity index (χ2n) is 9.57. The van der Waals surface area contributed by atoms with Gasteiger partial charge in [-0.15, -0.1) is 0 Å². The van der Waals surface area contributed by atoms with Crippen LogP contribution in [0, 0.1) is 5.21 Å². The standard InChI is InChI=1S/C24H28BrN3O5/c1-15(29)32-24(10-7-11-27(14-24)22(30)33-23(2,3)4)21-26-13-18-16-8-5-6-9-17(16)19(25)12-20(18)28(21)31/h5-6,8-9,12-13,21,28H,7,10-11,14H2,1-4H3/t21?,24-/m1/s1. The lowest BCUT2D eigenvalue weighted by atomic mass is 9.87. The largest absolute Gasteiger partial charge is 0.627 e. The van der Waals surface area contributed by atoms with Gasteiger partial charge in [0.25, 0.3) is 0 Å². The van der Waals surface area contributed by atoms with Gasteiger partial charge in [0, 0.05) is 30.2 Å². The van der Waals surface area contributed by atoms with E-state index in [0.29, 0.717) is 25.1 Å². The highest BCUT2D eigenvalue weighted by Crippen LogP contribution is 2.35. The average Bonchev–Trinajstić information content (AvgIpc) is 2.73. The van der Waals surface area contributed by atoms with Crippen LogP contribution in [0.2, 0.25) is 0 Å². The summed E-state index contributed by atoms with van der Waals surface area (Å²) in [5.41, 5.74) is -0.664. The Morgan fingerprint density at radius 2 is 1.97 bits per heavy atom. The van der Waals surface area contributed by atoms with E-state index in [1.807, 2.05) is 24.3 Å². The minimum absolute atomic E-state index is 0.0410. The van der Waals surface area contributed by atoms with Crippen molar-refractivity contribution in [1.82, 2.24) is 4.90 Å². The van der Waals surface area contributed by atoms with Gasteiger partial charge in [-0.1, -0.05) is 24.3 Å². The quantitative estimate of drug-likeness (QED) is 0.483. The fourth-order valence-corrected chi connectivity index (χ4v) is 5.19. The van der Waals surface area contributed by atoms with Crippen molar-refractivity contribution in [2.45, 2.75) is 57.9 Å². The van der Waals surface area contributed by atoms with Crippen molar-refractivity contribution in [1.29, 1.82) is 0 Å². The Morgan fingerprint density at radius 3 is 2.64 bits per heavy atom. The van der Waals surface area contributed by atoms with Crippen molar-refractivity contribution in [3.63, 3.8) is 0 Å². The summed E-state index contributed by atoms with van der Waals surface area (Å²) < 4.78 is 12.1. The Balaban J connectivity index is 1.73. The van der Waals surface area contributed by atoms with E-state index in [1.165, 1.54) is 11.8 Å². The van der Waals surface area contributed by atoms with Crippen LogP contribution in [0.15, 0.2) is 39.8 Å². The number of halogens is 1. The minimum atomic E-state index is -1.26. The summed E-state index contributed by atoms with van der Waals surface area (Å²) in [5, 5.41) is 15.4. The summed E-state index contributed by atoms with van der Waals surface area (Å²) >= 11 is 3.58. The Morgan fingerprint density at radius 1 is 1.27 bits per heavy atom. The summed E-state index contributed by atoms with van der Waals surface area (Å²) in [6.45, 7) is 7.19. The van der Waals surface area contributed by atoms with Gasteiger partial charge in [-0.3, -0.25) is 4.79 Å². The van der Waals surface area contributed by atoms with Crippen LogP contribution in [0.25, 0.3) is 10.8 Å². The molecule has 0 spiro atoms. The molecule has 2 aromatic rings. The third-order valence-corrected chi connectivity index (χ3v) is 6.54. The molecule has 1 fully saturated rings. The zero-order chi connectivity index (χ0) is 24.0.